The summed E-state index contributed by atoms with van der Waals surface area (Å²) >= 11 is 6.14. The van der Waals surface area contributed by atoms with Crippen LogP contribution in [0.5, 0.6) is 5.75 Å². The van der Waals surface area contributed by atoms with Crippen LogP contribution in [0, 0.1) is 0 Å². The number of alkyl halides is 3. The molecule has 2 amide bonds. The predicted molar refractivity (Wildman–Crippen MR) is 155 cm³/mol. The zero-order valence-electron chi connectivity index (χ0n) is 24.0. The number of carbonyl (C=O) groups is 3. The van der Waals surface area contributed by atoms with Gasteiger partial charge < -0.3 is 19.9 Å². The van der Waals surface area contributed by atoms with Gasteiger partial charge in [-0.1, -0.05) is 35.9 Å². The fourth-order valence-electron chi connectivity index (χ4n) is 4.50. The molecule has 2 atom stereocenters. The number of carbonyl (C=O) groups excluding carboxylic acids is 3. The number of benzene rings is 2. The van der Waals surface area contributed by atoms with Crippen LogP contribution >= 0.6 is 11.6 Å². The molecule has 2 heterocycles. The van der Waals surface area contributed by atoms with E-state index in [0.29, 0.717) is 17.9 Å². The lowest BCUT2D eigenvalue weighted by atomic mass is 10.0. The van der Waals surface area contributed by atoms with Gasteiger partial charge in [0.25, 0.3) is 5.91 Å². The molecule has 2 aromatic carbocycles. The van der Waals surface area contributed by atoms with E-state index in [1.54, 1.807) is 17.8 Å². The SMILES string of the molecule is CC(=O)c1nc(-c2ccc(CC(CNC(=O)CN3CCC3)NC(=O)c3ccc(O[C@@H](C)C(F)(F)F)c(Cl)c3)cc2)cn1C. The van der Waals surface area contributed by atoms with E-state index in [-0.39, 0.29) is 41.1 Å². The number of ketones is 1. The highest BCUT2D eigenvalue weighted by atomic mass is 35.5. The number of likely N-dealkylation sites (tertiary alicyclic amines) is 1. The zero-order chi connectivity index (χ0) is 31.3. The maximum absolute atomic E-state index is 13.1. The van der Waals surface area contributed by atoms with Crippen molar-refractivity contribution >= 4 is 29.2 Å². The van der Waals surface area contributed by atoms with E-state index < -0.39 is 24.2 Å². The molecule has 1 fully saturated rings. The zero-order valence-corrected chi connectivity index (χ0v) is 24.8. The van der Waals surface area contributed by atoms with Gasteiger partial charge in [0.05, 0.1) is 23.3 Å². The molecule has 0 saturated carbocycles. The topological polar surface area (TPSA) is 106 Å². The first-order valence-corrected chi connectivity index (χ1v) is 14.1. The molecule has 0 aliphatic carbocycles. The number of nitrogens with zero attached hydrogens (tertiary/aromatic N) is 3. The molecule has 1 unspecified atom stereocenters. The number of hydrogen-bond acceptors (Lipinski definition) is 6. The van der Waals surface area contributed by atoms with E-state index in [9.17, 15) is 27.6 Å². The minimum Gasteiger partial charge on any atom is -0.480 e. The van der Waals surface area contributed by atoms with Gasteiger partial charge >= 0.3 is 6.18 Å². The summed E-state index contributed by atoms with van der Waals surface area (Å²) in [5, 5.41) is 5.64. The highest BCUT2D eigenvalue weighted by Crippen LogP contribution is 2.30. The Hall–Kier alpha value is -3.90. The lowest BCUT2D eigenvalue weighted by molar-refractivity contribution is -0.189. The minimum atomic E-state index is -4.57. The van der Waals surface area contributed by atoms with Crippen LogP contribution in [0.2, 0.25) is 5.02 Å². The molecule has 0 radical (unpaired) electrons. The molecule has 3 aromatic rings. The van der Waals surface area contributed by atoms with Crippen molar-refractivity contribution in [1.82, 2.24) is 25.1 Å². The van der Waals surface area contributed by atoms with E-state index in [0.717, 1.165) is 37.6 Å². The van der Waals surface area contributed by atoms with Crippen molar-refractivity contribution in [3.8, 4) is 17.0 Å². The van der Waals surface area contributed by atoms with Gasteiger partial charge in [0.1, 0.15) is 5.75 Å². The number of ether oxygens (including phenoxy) is 1. The first-order valence-electron chi connectivity index (χ1n) is 13.8. The highest BCUT2D eigenvalue weighted by molar-refractivity contribution is 6.32. The number of amides is 2. The van der Waals surface area contributed by atoms with Crippen molar-refractivity contribution in [2.75, 3.05) is 26.2 Å². The minimum absolute atomic E-state index is 0.126. The van der Waals surface area contributed by atoms with Gasteiger partial charge in [0, 0.05) is 37.8 Å². The second-order valence-corrected chi connectivity index (χ2v) is 11.0. The molecule has 1 aromatic heterocycles. The summed E-state index contributed by atoms with van der Waals surface area (Å²) in [6.07, 6.45) is -3.45. The fraction of sp³-hybridized carbons (Fsp3) is 0.400. The molecule has 1 aliphatic heterocycles. The summed E-state index contributed by atoms with van der Waals surface area (Å²) < 4.78 is 45.3. The standard InChI is InChI=1S/C30H33ClF3N5O4/c1-18(40)28-37-25(16-38(28)3)21-7-5-20(6-8-21)13-23(15-35-27(41)17-39-11-4-12-39)36-29(42)22-9-10-26(24(31)14-22)43-19(2)30(32,33)34/h5-10,14,16,19,23H,4,11-13,15,17H2,1-3H3,(H,35,41)(H,36,42)/t19-,23?/m0/s1. The van der Waals surface area contributed by atoms with Crippen molar-refractivity contribution in [1.29, 1.82) is 0 Å². The van der Waals surface area contributed by atoms with Crippen LogP contribution < -0.4 is 15.4 Å². The van der Waals surface area contributed by atoms with E-state index in [4.69, 9.17) is 16.3 Å². The van der Waals surface area contributed by atoms with Crippen molar-refractivity contribution in [2.45, 2.75) is 45.0 Å². The summed E-state index contributed by atoms with van der Waals surface area (Å²) in [5.41, 5.74) is 2.46. The average Bonchev–Trinajstić information content (AvgIpc) is 3.32. The van der Waals surface area contributed by atoms with Crippen LogP contribution in [0.15, 0.2) is 48.7 Å². The number of aryl methyl sites for hydroxylation is 1. The molecule has 13 heteroatoms. The number of Topliss-reactive ketones (excluding diaryl/α,β-unsaturated/α-hetero) is 1. The van der Waals surface area contributed by atoms with E-state index in [1.807, 2.05) is 29.2 Å². The molecule has 2 N–H and O–H groups in total. The Morgan fingerprint density at radius 3 is 2.37 bits per heavy atom. The first-order chi connectivity index (χ1) is 20.3. The van der Waals surface area contributed by atoms with Gasteiger partial charge in [0.2, 0.25) is 5.91 Å². The number of halogens is 4. The van der Waals surface area contributed by atoms with E-state index in [1.165, 1.54) is 25.1 Å². The summed E-state index contributed by atoms with van der Waals surface area (Å²) in [6, 6.07) is 10.8. The molecule has 230 valence electrons. The van der Waals surface area contributed by atoms with Crippen LogP contribution in [-0.2, 0) is 18.3 Å². The Balaban J connectivity index is 1.46. The summed E-state index contributed by atoms with van der Waals surface area (Å²) in [7, 11) is 1.75. The average molecular weight is 620 g/mol. The maximum atomic E-state index is 13.1. The quantitative estimate of drug-likeness (QED) is 0.291. The van der Waals surface area contributed by atoms with Gasteiger partial charge in [0.15, 0.2) is 17.7 Å². The van der Waals surface area contributed by atoms with Crippen LogP contribution in [0.25, 0.3) is 11.3 Å². The van der Waals surface area contributed by atoms with E-state index >= 15 is 0 Å². The molecular weight excluding hydrogens is 587 g/mol. The van der Waals surface area contributed by atoms with E-state index in [2.05, 4.69) is 15.6 Å². The first kappa shape index (κ1) is 32.0. The van der Waals surface area contributed by atoms with Gasteiger partial charge in [-0.2, -0.15) is 13.2 Å². The van der Waals surface area contributed by atoms with Crippen molar-refractivity contribution in [2.24, 2.45) is 7.05 Å². The molecule has 0 bridgehead atoms. The Morgan fingerprint density at radius 1 is 1.12 bits per heavy atom. The lowest BCUT2D eigenvalue weighted by Gasteiger charge is -2.30. The van der Waals surface area contributed by atoms with Crippen molar-refractivity contribution < 1.29 is 32.3 Å². The summed E-state index contributed by atoms with van der Waals surface area (Å²) in [5.74, 6) is -0.652. The van der Waals surface area contributed by atoms with Gasteiger partial charge in [-0.05, 0) is 56.6 Å². The molecular formula is C30H33ClF3N5O4. The number of rotatable bonds is 12. The Morgan fingerprint density at radius 2 is 1.81 bits per heavy atom. The van der Waals surface area contributed by atoms with Crippen molar-refractivity contribution in [3.05, 3.63) is 70.6 Å². The van der Waals surface area contributed by atoms with Crippen molar-refractivity contribution in [3.63, 3.8) is 0 Å². The molecule has 43 heavy (non-hydrogen) atoms. The maximum Gasteiger partial charge on any atom is 0.425 e. The molecule has 9 nitrogen and oxygen atoms in total. The van der Waals surface area contributed by atoms with Gasteiger partial charge in [-0.3, -0.25) is 19.3 Å². The lowest BCUT2D eigenvalue weighted by Crippen LogP contribution is -2.49. The number of nitrogens with one attached hydrogen (secondary N) is 2. The number of hydrogen-bond donors (Lipinski definition) is 2. The fourth-order valence-corrected chi connectivity index (χ4v) is 4.73. The van der Waals surface area contributed by atoms with Crippen LogP contribution in [-0.4, -0.2) is 76.5 Å². The smallest absolute Gasteiger partial charge is 0.425 e. The summed E-state index contributed by atoms with van der Waals surface area (Å²) in [4.78, 5) is 43.8. The molecule has 1 aliphatic rings. The van der Waals surface area contributed by atoms with Crippen LogP contribution in [0.4, 0.5) is 13.2 Å². The second-order valence-electron chi connectivity index (χ2n) is 10.6. The highest BCUT2D eigenvalue weighted by Gasteiger charge is 2.38. The number of imidazole rings is 1. The largest absolute Gasteiger partial charge is 0.480 e. The second kappa shape index (κ2) is 13.6. The summed E-state index contributed by atoms with van der Waals surface area (Å²) in [6.45, 7) is 4.48. The Kier molecular flexibility index (Phi) is 10.1. The normalized spacial score (nSPS) is 14.9. The molecule has 4 rings (SSSR count). The van der Waals surface area contributed by atoms with Crippen LogP contribution in [0.3, 0.4) is 0 Å². The molecule has 0 spiro atoms. The third-order valence-corrected chi connectivity index (χ3v) is 7.37. The van der Waals surface area contributed by atoms with Gasteiger partial charge in [-0.25, -0.2) is 4.98 Å². The van der Waals surface area contributed by atoms with Gasteiger partial charge in [-0.15, -0.1) is 0 Å². The Labute approximate surface area is 252 Å². The Bertz CT molecular complexity index is 1470. The van der Waals surface area contributed by atoms with Crippen LogP contribution in [0.1, 0.15) is 46.8 Å². The predicted octanol–water partition coefficient (Wildman–Crippen LogP) is 4.44. The molecule has 1 saturated heterocycles. The number of aromatic nitrogens is 2. The third-order valence-electron chi connectivity index (χ3n) is 7.08. The monoisotopic (exact) mass is 619 g/mol. The third kappa shape index (κ3) is 8.57.